The maximum Gasteiger partial charge on any atom is 0.119 e. The Bertz CT molecular complexity index is 608. The quantitative estimate of drug-likeness (QED) is 0.820. The van der Waals surface area contributed by atoms with Crippen molar-refractivity contribution in [2.75, 3.05) is 39.3 Å². The topological polar surface area (TPSA) is 53.8 Å². The van der Waals surface area contributed by atoms with Crippen molar-refractivity contribution in [3.05, 3.63) is 48.3 Å². The molecular weight excluding hydrogens is 304 g/mol. The summed E-state index contributed by atoms with van der Waals surface area (Å²) in [7, 11) is 1.94. The van der Waals surface area contributed by atoms with E-state index in [1.807, 2.05) is 48.3 Å². The zero-order valence-corrected chi connectivity index (χ0v) is 14.2. The van der Waals surface area contributed by atoms with Crippen LogP contribution in [0.25, 0.3) is 0 Å². The Morgan fingerprint density at radius 2 is 1.83 bits per heavy atom. The first-order valence-electron chi connectivity index (χ1n) is 8.47. The van der Waals surface area contributed by atoms with Crippen LogP contribution in [0.3, 0.4) is 0 Å². The smallest absolute Gasteiger partial charge is 0.119 e. The van der Waals surface area contributed by atoms with E-state index >= 15 is 0 Å². The summed E-state index contributed by atoms with van der Waals surface area (Å²) in [5, 5.41) is 14.4. The molecular formula is C18H26N4O2. The van der Waals surface area contributed by atoms with Crippen molar-refractivity contribution < 1.29 is 9.84 Å². The molecule has 1 atom stereocenters. The van der Waals surface area contributed by atoms with Gasteiger partial charge in [0, 0.05) is 58.1 Å². The Balaban J connectivity index is 1.35. The lowest BCUT2D eigenvalue weighted by atomic mass is 10.2. The molecule has 1 saturated heterocycles. The minimum Gasteiger partial charge on any atom is -0.491 e. The first-order valence-corrected chi connectivity index (χ1v) is 8.47. The van der Waals surface area contributed by atoms with Gasteiger partial charge in [0.25, 0.3) is 0 Å². The van der Waals surface area contributed by atoms with E-state index in [1.165, 1.54) is 5.56 Å². The SMILES string of the molecule is Cn1cc(CN2CCN(C[C@@H](O)COc3ccccc3)CC2)cn1. The third kappa shape index (κ3) is 5.06. The predicted molar refractivity (Wildman–Crippen MR) is 92.9 cm³/mol. The molecule has 0 saturated carbocycles. The van der Waals surface area contributed by atoms with E-state index in [0.717, 1.165) is 38.5 Å². The van der Waals surface area contributed by atoms with Gasteiger partial charge < -0.3 is 9.84 Å². The molecule has 2 aromatic rings. The Morgan fingerprint density at radius 1 is 1.12 bits per heavy atom. The second kappa shape index (κ2) is 8.28. The molecule has 1 aromatic heterocycles. The number of aromatic nitrogens is 2. The number of ether oxygens (including phenoxy) is 1. The monoisotopic (exact) mass is 330 g/mol. The second-order valence-electron chi connectivity index (χ2n) is 6.38. The number of aryl methyl sites for hydroxylation is 1. The minimum absolute atomic E-state index is 0.333. The first-order chi connectivity index (χ1) is 11.7. The highest BCUT2D eigenvalue weighted by Crippen LogP contribution is 2.10. The van der Waals surface area contributed by atoms with Gasteiger partial charge in [-0.2, -0.15) is 5.10 Å². The highest BCUT2D eigenvalue weighted by Gasteiger charge is 2.19. The average Bonchev–Trinajstić information content (AvgIpc) is 3.01. The van der Waals surface area contributed by atoms with Crippen molar-refractivity contribution in [2.24, 2.45) is 7.05 Å². The maximum absolute atomic E-state index is 10.2. The van der Waals surface area contributed by atoms with Gasteiger partial charge in [-0.3, -0.25) is 14.5 Å². The first kappa shape index (κ1) is 17.0. The van der Waals surface area contributed by atoms with Crippen LogP contribution in [0, 0.1) is 0 Å². The van der Waals surface area contributed by atoms with Gasteiger partial charge in [-0.15, -0.1) is 0 Å². The van der Waals surface area contributed by atoms with Gasteiger partial charge in [0.05, 0.1) is 6.20 Å². The molecule has 1 fully saturated rings. The number of piperazine rings is 1. The van der Waals surface area contributed by atoms with Crippen LogP contribution in [0.1, 0.15) is 5.56 Å². The minimum atomic E-state index is -0.463. The van der Waals surface area contributed by atoms with E-state index in [1.54, 1.807) is 0 Å². The molecule has 1 aromatic carbocycles. The van der Waals surface area contributed by atoms with E-state index in [-0.39, 0.29) is 0 Å². The Hall–Kier alpha value is -1.89. The number of rotatable bonds is 7. The van der Waals surface area contributed by atoms with Crippen molar-refractivity contribution in [1.29, 1.82) is 0 Å². The summed E-state index contributed by atoms with van der Waals surface area (Å²) in [6, 6.07) is 9.63. The molecule has 1 N–H and O–H groups in total. The van der Waals surface area contributed by atoms with Crippen molar-refractivity contribution in [3.63, 3.8) is 0 Å². The zero-order chi connectivity index (χ0) is 16.8. The van der Waals surface area contributed by atoms with Gasteiger partial charge in [-0.05, 0) is 12.1 Å². The van der Waals surface area contributed by atoms with Gasteiger partial charge >= 0.3 is 0 Å². The summed E-state index contributed by atoms with van der Waals surface area (Å²) in [6.45, 7) is 5.92. The van der Waals surface area contributed by atoms with E-state index in [4.69, 9.17) is 4.74 Å². The zero-order valence-electron chi connectivity index (χ0n) is 14.2. The van der Waals surface area contributed by atoms with Gasteiger partial charge in [0.15, 0.2) is 0 Å². The molecule has 0 bridgehead atoms. The Labute approximate surface area is 143 Å². The van der Waals surface area contributed by atoms with Crippen LogP contribution >= 0.6 is 0 Å². The molecule has 130 valence electrons. The molecule has 1 aliphatic heterocycles. The maximum atomic E-state index is 10.2. The van der Waals surface area contributed by atoms with E-state index in [0.29, 0.717) is 13.2 Å². The van der Waals surface area contributed by atoms with E-state index in [9.17, 15) is 5.11 Å². The molecule has 0 amide bonds. The standard InChI is InChI=1S/C18H26N4O2/c1-20-12-16(11-19-20)13-21-7-9-22(10-8-21)14-17(23)15-24-18-5-3-2-4-6-18/h2-6,11-12,17,23H,7-10,13-15H2,1H3/t17-/m1/s1. The average molecular weight is 330 g/mol. The lowest BCUT2D eigenvalue weighted by Crippen LogP contribution is -2.48. The number of para-hydroxylation sites is 1. The van der Waals surface area contributed by atoms with Gasteiger partial charge in [-0.1, -0.05) is 18.2 Å². The molecule has 0 spiro atoms. The molecule has 24 heavy (non-hydrogen) atoms. The molecule has 3 rings (SSSR count). The van der Waals surface area contributed by atoms with Crippen LogP contribution < -0.4 is 4.74 Å². The molecule has 0 aliphatic carbocycles. The summed E-state index contributed by atoms with van der Waals surface area (Å²) in [5.41, 5.74) is 1.25. The van der Waals surface area contributed by atoms with Crippen LogP contribution in [-0.4, -0.2) is 70.1 Å². The van der Waals surface area contributed by atoms with Crippen molar-refractivity contribution >= 4 is 0 Å². The van der Waals surface area contributed by atoms with Crippen molar-refractivity contribution in [2.45, 2.75) is 12.6 Å². The fourth-order valence-electron chi connectivity index (χ4n) is 3.00. The summed E-state index contributed by atoms with van der Waals surface area (Å²) in [5.74, 6) is 0.804. The number of hydrogen-bond donors (Lipinski definition) is 1. The van der Waals surface area contributed by atoms with Gasteiger partial charge in [0.2, 0.25) is 0 Å². The highest BCUT2D eigenvalue weighted by atomic mass is 16.5. The summed E-state index contributed by atoms with van der Waals surface area (Å²) >= 11 is 0. The summed E-state index contributed by atoms with van der Waals surface area (Å²) in [4.78, 5) is 4.74. The number of β-amino-alcohol motifs (C(OH)–C–C–N with tert-alkyl or cyclic N) is 1. The molecule has 1 aliphatic rings. The molecule has 2 heterocycles. The number of nitrogens with zero attached hydrogens (tertiary/aromatic N) is 4. The third-order valence-corrected chi connectivity index (χ3v) is 4.28. The number of hydrogen-bond acceptors (Lipinski definition) is 5. The third-order valence-electron chi connectivity index (χ3n) is 4.28. The van der Waals surface area contributed by atoms with Crippen LogP contribution in [0.5, 0.6) is 5.75 Å². The van der Waals surface area contributed by atoms with Gasteiger partial charge in [-0.25, -0.2) is 0 Å². The lowest BCUT2D eigenvalue weighted by molar-refractivity contribution is 0.0446. The summed E-state index contributed by atoms with van der Waals surface area (Å²) in [6.07, 6.45) is 3.53. The lowest BCUT2D eigenvalue weighted by Gasteiger charge is -2.35. The largest absolute Gasteiger partial charge is 0.491 e. The van der Waals surface area contributed by atoms with Crippen LogP contribution in [0.2, 0.25) is 0 Å². The fraction of sp³-hybridized carbons (Fsp3) is 0.500. The molecule has 0 radical (unpaired) electrons. The van der Waals surface area contributed by atoms with Crippen LogP contribution in [0.15, 0.2) is 42.7 Å². The fourth-order valence-corrected chi connectivity index (χ4v) is 3.00. The summed E-state index contributed by atoms with van der Waals surface area (Å²) < 4.78 is 7.46. The molecule has 0 unspecified atom stereocenters. The Kier molecular flexibility index (Phi) is 5.85. The molecule has 6 nitrogen and oxygen atoms in total. The van der Waals surface area contributed by atoms with E-state index < -0.39 is 6.10 Å². The molecule has 6 heteroatoms. The van der Waals surface area contributed by atoms with Crippen LogP contribution in [0.4, 0.5) is 0 Å². The second-order valence-corrected chi connectivity index (χ2v) is 6.38. The van der Waals surface area contributed by atoms with Crippen molar-refractivity contribution in [3.8, 4) is 5.75 Å². The van der Waals surface area contributed by atoms with Gasteiger partial charge in [0.1, 0.15) is 18.5 Å². The van der Waals surface area contributed by atoms with E-state index in [2.05, 4.69) is 21.1 Å². The van der Waals surface area contributed by atoms with Crippen molar-refractivity contribution in [1.82, 2.24) is 19.6 Å². The normalized spacial score (nSPS) is 17.8. The number of benzene rings is 1. The Morgan fingerprint density at radius 3 is 2.50 bits per heavy atom. The number of aliphatic hydroxyl groups is 1. The number of aliphatic hydroxyl groups excluding tert-OH is 1. The predicted octanol–water partition coefficient (Wildman–Crippen LogP) is 0.978. The van der Waals surface area contributed by atoms with Crippen LogP contribution in [-0.2, 0) is 13.6 Å². The highest BCUT2D eigenvalue weighted by molar-refractivity contribution is 5.20.